The van der Waals surface area contributed by atoms with Crippen molar-refractivity contribution >= 4 is 39.7 Å². The van der Waals surface area contributed by atoms with Crippen molar-refractivity contribution in [3.8, 4) is 11.5 Å². The van der Waals surface area contributed by atoms with E-state index < -0.39 is 5.60 Å². The Bertz CT molecular complexity index is 1480. The topological polar surface area (TPSA) is 111 Å². The second-order valence-corrected chi connectivity index (χ2v) is 9.70. The minimum Gasteiger partial charge on any atom is -0.454 e. The molecule has 1 aliphatic heterocycles. The number of hydrogen-bond acceptors (Lipinski definition) is 8. The molecule has 5 rings (SSSR count). The lowest BCUT2D eigenvalue weighted by Gasteiger charge is -2.36. The minimum absolute atomic E-state index is 0.104. The van der Waals surface area contributed by atoms with E-state index in [1.165, 1.54) is 0 Å². The molecule has 0 saturated carbocycles. The molecule has 3 heterocycles. The van der Waals surface area contributed by atoms with E-state index in [0.29, 0.717) is 54.2 Å². The van der Waals surface area contributed by atoms with Crippen LogP contribution in [0.1, 0.15) is 20.8 Å². The molecule has 2 aromatic carbocycles. The van der Waals surface area contributed by atoms with Crippen molar-refractivity contribution in [1.82, 2.24) is 9.88 Å². The first-order valence-electron chi connectivity index (χ1n) is 11.8. The average molecular weight is 489 g/mol. The summed E-state index contributed by atoms with van der Waals surface area (Å²) < 4.78 is 17.3. The number of nitrogens with zero attached hydrogens (tertiary/aromatic N) is 3. The van der Waals surface area contributed by atoms with Gasteiger partial charge in [0.05, 0.1) is 5.39 Å². The van der Waals surface area contributed by atoms with Crippen LogP contribution in [0.4, 0.5) is 16.3 Å². The van der Waals surface area contributed by atoms with Crippen LogP contribution in [0, 0.1) is 0 Å². The Morgan fingerprint density at radius 2 is 1.69 bits per heavy atom. The molecule has 1 aliphatic rings. The number of amides is 1. The van der Waals surface area contributed by atoms with Crippen molar-refractivity contribution in [2.45, 2.75) is 26.4 Å². The first-order chi connectivity index (χ1) is 17.2. The van der Waals surface area contributed by atoms with Gasteiger partial charge < -0.3 is 29.4 Å². The van der Waals surface area contributed by atoms with Crippen molar-refractivity contribution in [2.75, 3.05) is 36.8 Å². The Hall–Kier alpha value is -4.27. The van der Waals surface area contributed by atoms with Gasteiger partial charge in [-0.3, -0.25) is 4.79 Å². The number of hydrogen-bond donors (Lipinski definition) is 1. The Balaban J connectivity index is 1.29. The fraction of sp³-hybridized carbons (Fsp3) is 0.296. The first kappa shape index (κ1) is 23.5. The summed E-state index contributed by atoms with van der Waals surface area (Å²) >= 11 is 0. The maximum atomic E-state index is 12.8. The zero-order valence-corrected chi connectivity index (χ0v) is 20.5. The quantitative estimate of drug-likeness (QED) is 0.411. The van der Waals surface area contributed by atoms with Crippen molar-refractivity contribution in [2.24, 2.45) is 0 Å². The number of aromatic nitrogens is 1. The van der Waals surface area contributed by atoms with Crippen molar-refractivity contribution < 1.29 is 18.7 Å². The van der Waals surface area contributed by atoms with Gasteiger partial charge in [-0.2, -0.15) is 0 Å². The molecular formula is C27H28N4O5. The van der Waals surface area contributed by atoms with Crippen LogP contribution in [0.5, 0.6) is 11.5 Å². The van der Waals surface area contributed by atoms with Crippen LogP contribution in [-0.4, -0.2) is 47.8 Å². The standard InChI is InChI=1S/C27H28N4O5/c1-27(2,3)36-26(33)31-14-12-30(13-15-31)17-8-10-18(11-9-17)34-22-16-21-23(29-25(22)28)24(32)19-6-4-5-7-20(19)35-21/h4-11,16H,12-15H2,1-3H3,(H2,28,29). The number of nitrogens with two attached hydrogens (primary N) is 1. The van der Waals surface area contributed by atoms with E-state index >= 15 is 0 Å². The summed E-state index contributed by atoms with van der Waals surface area (Å²) in [6, 6.07) is 16.2. The highest BCUT2D eigenvalue weighted by atomic mass is 16.6. The van der Waals surface area contributed by atoms with Gasteiger partial charge in [0.15, 0.2) is 22.7 Å². The van der Waals surface area contributed by atoms with Crippen LogP contribution in [0.2, 0.25) is 0 Å². The largest absolute Gasteiger partial charge is 0.454 e. The lowest BCUT2D eigenvalue weighted by Crippen LogP contribution is -2.50. The van der Waals surface area contributed by atoms with Gasteiger partial charge in [0.25, 0.3) is 0 Å². The summed E-state index contributed by atoms with van der Waals surface area (Å²) in [5, 5.41) is 0.452. The van der Waals surface area contributed by atoms with Crippen molar-refractivity contribution in [3.63, 3.8) is 0 Å². The van der Waals surface area contributed by atoms with Gasteiger partial charge in [0.1, 0.15) is 16.9 Å². The molecule has 1 fully saturated rings. The van der Waals surface area contributed by atoms with E-state index in [4.69, 9.17) is 19.6 Å². The second-order valence-electron chi connectivity index (χ2n) is 9.70. The molecule has 0 spiro atoms. The SMILES string of the molecule is CC(C)(C)OC(=O)N1CCN(c2ccc(Oc3cc4oc5ccccc5c(=O)c4nc3N)cc2)CC1. The number of anilines is 2. The molecule has 0 unspecified atom stereocenters. The fourth-order valence-corrected chi connectivity index (χ4v) is 4.13. The third-order valence-electron chi connectivity index (χ3n) is 5.91. The molecule has 2 N–H and O–H groups in total. The van der Waals surface area contributed by atoms with Crippen LogP contribution < -0.4 is 20.8 Å². The van der Waals surface area contributed by atoms with Crippen molar-refractivity contribution in [3.05, 3.63) is 64.8 Å². The number of nitrogen functional groups attached to an aromatic ring is 1. The molecule has 9 heteroatoms. The average Bonchev–Trinajstić information content (AvgIpc) is 2.85. The Morgan fingerprint density at radius 1 is 1.00 bits per heavy atom. The monoisotopic (exact) mass is 488 g/mol. The molecule has 186 valence electrons. The first-order valence-corrected chi connectivity index (χ1v) is 11.8. The van der Waals surface area contributed by atoms with E-state index in [2.05, 4.69) is 9.88 Å². The molecule has 36 heavy (non-hydrogen) atoms. The van der Waals surface area contributed by atoms with Gasteiger partial charge in [-0.05, 0) is 57.2 Å². The van der Waals surface area contributed by atoms with Crippen LogP contribution in [-0.2, 0) is 4.74 Å². The van der Waals surface area contributed by atoms with Gasteiger partial charge in [-0.15, -0.1) is 0 Å². The zero-order valence-electron chi connectivity index (χ0n) is 20.5. The summed E-state index contributed by atoms with van der Waals surface area (Å²) in [6.45, 7) is 8.18. The minimum atomic E-state index is -0.507. The van der Waals surface area contributed by atoms with E-state index in [1.54, 1.807) is 35.2 Å². The lowest BCUT2D eigenvalue weighted by molar-refractivity contribution is 0.0240. The number of rotatable bonds is 3. The van der Waals surface area contributed by atoms with Gasteiger partial charge in [-0.1, -0.05) is 12.1 Å². The third-order valence-corrected chi connectivity index (χ3v) is 5.91. The predicted octanol–water partition coefficient (Wildman–Crippen LogP) is 4.77. The summed E-state index contributed by atoms with van der Waals surface area (Å²) in [5.41, 5.74) is 7.33. The van der Waals surface area contributed by atoms with Gasteiger partial charge in [0.2, 0.25) is 5.43 Å². The molecule has 0 aliphatic carbocycles. The number of carbonyl (C=O) groups is 1. The molecular weight excluding hydrogens is 460 g/mol. The molecule has 0 radical (unpaired) electrons. The number of piperazine rings is 1. The number of para-hydroxylation sites is 1. The van der Waals surface area contributed by atoms with Gasteiger partial charge in [-0.25, -0.2) is 9.78 Å². The number of pyridine rings is 1. The van der Waals surface area contributed by atoms with Crippen LogP contribution >= 0.6 is 0 Å². The Kier molecular flexibility index (Phi) is 5.91. The highest BCUT2D eigenvalue weighted by molar-refractivity contribution is 5.89. The van der Waals surface area contributed by atoms with E-state index in [-0.39, 0.29) is 22.9 Å². The predicted molar refractivity (Wildman–Crippen MR) is 139 cm³/mol. The normalized spacial score (nSPS) is 14.3. The lowest BCUT2D eigenvalue weighted by atomic mass is 10.2. The Morgan fingerprint density at radius 3 is 2.39 bits per heavy atom. The van der Waals surface area contributed by atoms with Crippen LogP contribution in [0.25, 0.3) is 22.1 Å². The summed E-state index contributed by atoms with van der Waals surface area (Å²) in [5.74, 6) is 0.981. The molecule has 1 saturated heterocycles. The number of ether oxygens (including phenoxy) is 2. The third kappa shape index (κ3) is 4.77. The maximum absolute atomic E-state index is 12.8. The molecule has 4 aromatic rings. The number of carbonyl (C=O) groups excluding carboxylic acids is 1. The van der Waals surface area contributed by atoms with E-state index in [1.807, 2.05) is 45.0 Å². The van der Waals surface area contributed by atoms with E-state index in [9.17, 15) is 9.59 Å². The smallest absolute Gasteiger partial charge is 0.410 e. The van der Waals surface area contributed by atoms with Crippen LogP contribution in [0.15, 0.2) is 63.8 Å². The summed E-state index contributed by atoms with van der Waals surface area (Å²) in [7, 11) is 0. The van der Waals surface area contributed by atoms with Gasteiger partial charge in [0, 0.05) is 37.9 Å². The fourth-order valence-electron chi connectivity index (χ4n) is 4.13. The second kappa shape index (κ2) is 9.07. The van der Waals surface area contributed by atoms with Crippen molar-refractivity contribution in [1.29, 1.82) is 0 Å². The highest BCUT2D eigenvalue weighted by Gasteiger charge is 2.26. The maximum Gasteiger partial charge on any atom is 0.410 e. The molecule has 0 bridgehead atoms. The highest BCUT2D eigenvalue weighted by Crippen LogP contribution is 2.31. The molecule has 0 atom stereocenters. The summed E-state index contributed by atoms with van der Waals surface area (Å²) in [4.78, 5) is 33.2. The zero-order chi connectivity index (χ0) is 25.4. The molecule has 2 aromatic heterocycles. The van der Waals surface area contributed by atoms with Gasteiger partial charge >= 0.3 is 6.09 Å². The molecule has 9 nitrogen and oxygen atoms in total. The number of fused-ring (bicyclic) bond motifs is 2. The number of benzene rings is 2. The molecule has 1 amide bonds. The summed E-state index contributed by atoms with van der Waals surface area (Å²) in [6.07, 6.45) is -0.281. The Labute approximate surface area is 208 Å². The van der Waals surface area contributed by atoms with Crippen LogP contribution in [0.3, 0.4) is 0 Å². The van der Waals surface area contributed by atoms with E-state index in [0.717, 1.165) is 5.69 Å².